The molecule has 192 valence electrons. The number of hydrogen-bond acceptors (Lipinski definition) is 7. The average molecular weight is 503 g/mol. The highest BCUT2D eigenvalue weighted by Gasteiger charge is 2.60. The second-order valence-electron chi connectivity index (χ2n) is 8.86. The van der Waals surface area contributed by atoms with Crippen LogP contribution in [0.15, 0.2) is 72.8 Å². The molecule has 2 aliphatic rings. The first kappa shape index (κ1) is 24.6. The largest absolute Gasteiger partial charge is 0.494 e. The molecule has 8 nitrogen and oxygen atoms in total. The van der Waals surface area contributed by atoms with Crippen molar-refractivity contribution in [2.45, 2.75) is 32.4 Å². The van der Waals surface area contributed by atoms with Gasteiger partial charge in [0.2, 0.25) is 5.91 Å². The summed E-state index contributed by atoms with van der Waals surface area (Å²) in [4.78, 5) is 34.8. The molecule has 2 saturated heterocycles. The predicted octanol–water partition coefficient (Wildman–Crippen LogP) is 4.93. The van der Waals surface area contributed by atoms with E-state index in [2.05, 4.69) is 0 Å². The molecule has 37 heavy (non-hydrogen) atoms. The lowest BCUT2D eigenvalue weighted by Crippen LogP contribution is -2.37. The second-order valence-corrected chi connectivity index (χ2v) is 8.86. The van der Waals surface area contributed by atoms with Crippen LogP contribution in [0.1, 0.15) is 31.9 Å². The lowest BCUT2D eigenvalue weighted by molar-refractivity contribution is -0.126. The highest BCUT2D eigenvalue weighted by atomic mass is 16.7. The summed E-state index contributed by atoms with van der Waals surface area (Å²) in [5.74, 6) is 0.409. The van der Waals surface area contributed by atoms with Crippen LogP contribution in [0, 0.1) is 5.92 Å². The van der Waals surface area contributed by atoms with E-state index >= 15 is 0 Å². The van der Waals surface area contributed by atoms with Crippen LogP contribution in [-0.2, 0) is 14.4 Å². The third-order valence-corrected chi connectivity index (χ3v) is 6.52. The molecule has 3 unspecified atom stereocenters. The van der Waals surface area contributed by atoms with Crippen molar-refractivity contribution < 1.29 is 28.6 Å². The van der Waals surface area contributed by atoms with Crippen molar-refractivity contribution in [3.05, 3.63) is 78.4 Å². The van der Waals surface area contributed by atoms with E-state index in [0.717, 1.165) is 17.7 Å². The Bertz CT molecular complexity index is 1260. The molecule has 0 aliphatic carbocycles. The SMILES string of the molecule is CCCOc1ccc(C2C3C(=O)N(c4ccc(OCC)cc4)C(=O)C3ON2c2ccccc2)cc1OC. The third-order valence-electron chi connectivity index (χ3n) is 6.52. The smallest absolute Gasteiger partial charge is 0.266 e. The second kappa shape index (κ2) is 10.5. The Kier molecular flexibility index (Phi) is 7.01. The van der Waals surface area contributed by atoms with Gasteiger partial charge in [0.1, 0.15) is 11.7 Å². The highest BCUT2D eigenvalue weighted by Crippen LogP contribution is 2.48. The van der Waals surface area contributed by atoms with E-state index in [1.54, 1.807) is 36.4 Å². The summed E-state index contributed by atoms with van der Waals surface area (Å²) in [6.07, 6.45) is -0.0865. The van der Waals surface area contributed by atoms with Gasteiger partial charge in [-0.3, -0.25) is 14.4 Å². The number of imide groups is 1. The fourth-order valence-electron chi connectivity index (χ4n) is 4.86. The summed E-state index contributed by atoms with van der Waals surface area (Å²) in [6, 6.07) is 21.5. The van der Waals surface area contributed by atoms with Gasteiger partial charge in [-0.1, -0.05) is 31.2 Å². The molecule has 0 bridgehead atoms. The lowest BCUT2D eigenvalue weighted by atomic mass is 9.90. The lowest BCUT2D eigenvalue weighted by Gasteiger charge is -2.29. The zero-order valence-electron chi connectivity index (χ0n) is 21.1. The summed E-state index contributed by atoms with van der Waals surface area (Å²) in [5, 5.41) is 1.67. The first-order valence-corrected chi connectivity index (χ1v) is 12.5. The number of amides is 2. The summed E-state index contributed by atoms with van der Waals surface area (Å²) in [7, 11) is 1.58. The van der Waals surface area contributed by atoms with Crippen LogP contribution in [0.4, 0.5) is 11.4 Å². The van der Waals surface area contributed by atoms with E-state index in [9.17, 15) is 9.59 Å². The molecule has 2 amide bonds. The van der Waals surface area contributed by atoms with Gasteiger partial charge in [-0.2, -0.15) is 0 Å². The van der Waals surface area contributed by atoms with E-state index in [0.29, 0.717) is 36.1 Å². The Labute approximate surface area is 216 Å². The molecule has 3 atom stereocenters. The number of carbonyl (C=O) groups excluding carboxylic acids is 2. The number of hydrogen-bond donors (Lipinski definition) is 0. The zero-order chi connectivity index (χ0) is 25.9. The zero-order valence-corrected chi connectivity index (χ0v) is 21.1. The quantitative estimate of drug-likeness (QED) is 0.384. The third kappa shape index (κ3) is 4.49. The van der Waals surface area contributed by atoms with Gasteiger partial charge in [-0.25, -0.2) is 9.96 Å². The maximum absolute atomic E-state index is 13.8. The van der Waals surface area contributed by atoms with Crippen LogP contribution in [0.25, 0.3) is 0 Å². The molecule has 8 heteroatoms. The van der Waals surface area contributed by atoms with Gasteiger partial charge in [0, 0.05) is 0 Å². The number of ether oxygens (including phenoxy) is 3. The molecule has 0 spiro atoms. The number of rotatable bonds is 9. The van der Waals surface area contributed by atoms with Crippen LogP contribution in [0.5, 0.6) is 17.2 Å². The normalized spacial score (nSPS) is 20.8. The van der Waals surface area contributed by atoms with Gasteiger partial charge in [-0.15, -0.1) is 0 Å². The van der Waals surface area contributed by atoms with Crippen molar-refractivity contribution in [1.29, 1.82) is 0 Å². The molecular weight excluding hydrogens is 472 g/mol. The number of carbonyl (C=O) groups is 2. The maximum atomic E-state index is 13.8. The number of methoxy groups -OCH3 is 1. The number of para-hydroxylation sites is 1. The number of nitrogens with zero attached hydrogens (tertiary/aromatic N) is 2. The molecule has 2 heterocycles. The van der Waals surface area contributed by atoms with E-state index in [-0.39, 0.29) is 5.91 Å². The van der Waals surface area contributed by atoms with Crippen LogP contribution in [0.3, 0.4) is 0 Å². The fourth-order valence-corrected chi connectivity index (χ4v) is 4.86. The van der Waals surface area contributed by atoms with E-state index in [1.807, 2.05) is 62.4 Å². The first-order chi connectivity index (χ1) is 18.1. The number of fused-ring (bicyclic) bond motifs is 1. The van der Waals surface area contributed by atoms with Crippen LogP contribution in [-0.4, -0.2) is 38.2 Å². The number of anilines is 2. The first-order valence-electron chi connectivity index (χ1n) is 12.5. The predicted molar refractivity (Wildman–Crippen MR) is 139 cm³/mol. The topological polar surface area (TPSA) is 77.5 Å². The van der Waals surface area contributed by atoms with Crippen molar-refractivity contribution in [1.82, 2.24) is 0 Å². The van der Waals surface area contributed by atoms with Crippen molar-refractivity contribution in [3.63, 3.8) is 0 Å². The van der Waals surface area contributed by atoms with E-state index in [1.165, 1.54) is 4.90 Å². The molecule has 2 aliphatic heterocycles. The molecule has 3 aromatic carbocycles. The van der Waals surface area contributed by atoms with Crippen LogP contribution in [0.2, 0.25) is 0 Å². The molecule has 0 N–H and O–H groups in total. The van der Waals surface area contributed by atoms with Crippen LogP contribution < -0.4 is 24.2 Å². The van der Waals surface area contributed by atoms with Gasteiger partial charge in [0.15, 0.2) is 17.6 Å². The Hall–Kier alpha value is -4.04. The fraction of sp³-hybridized carbons (Fsp3) is 0.310. The number of hydroxylamine groups is 1. The summed E-state index contributed by atoms with van der Waals surface area (Å²) < 4.78 is 16.9. The van der Waals surface area contributed by atoms with Gasteiger partial charge in [0.25, 0.3) is 5.91 Å². The number of benzene rings is 3. The van der Waals surface area contributed by atoms with Crippen molar-refractivity contribution in [2.75, 3.05) is 30.3 Å². The average Bonchev–Trinajstić information content (AvgIpc) is 3.44. The minimum Gasteiger partial charge on any atom is -0.494 e. The summed E-state index contributed by atoms with van der Waals surface area (Å²) in [6.45, 7) is 5.03. The van der Waals surface area contributed by atoms with Gasteiger partial charge in [0.05, 0.1) is 37.7 Å². The molecule has 0 radical (unpaired) electrons. The molecular formula is C29H30N2O6. The van der Waals surface area contributed by atoms with Crippen molar-refractivity contribution >= 4 is 23.2 Å². The van der Waals surface area contributed by atoms with Crippen molar-refractivity contribution in [2.24, 2.45) is 5.92 Å². The molecule has 0 aromatic heterocycles. The van der Waals surface area contributed by atoms with Crippen molar-refractivity contribution in [3.8, 4) is 17.2 Å². The maximum Gasteiger partial charge on any atom is 0.266 e. The molecule has 3 aromatic rings. The minimum absolute atomic E-state index is 0.312. The van der Waals surface area contributed by atoms with Gasteiger partial charge >= 0.3 is 0 Å². The highest BCUT2D eigenvalue weighted by molar-refractivity contribution is 6.23. The van der Waals surface area contributed by atoms with Gasteiger partial charge < -0.3 is 14.2 Å². The summed E-state index contributed by atoms with van der Waals surface area (Å²) in [5.41, 5.74) is 2.02. The Morgan fingerprint density at radius 3 is 2.27 bits per heavy atom. The molecule has 5 rings (SSSR count). The van der Waals surface area contributed by atoms with E-state index < -0.39 is 24.0 Å². The Balaban J connectivity index is 1.53. The summed E-state index contributed by atoms with van der Waals surface area (Å²) >= 11 is 0. The Morgan fingerprint density at radius 1 is 0.838 bits per heavy atom. The van der Waals surface area contributed by atoms with Gasteiger partial charge in [-0.05, 0) is 67.4 Å². The standard InChI is InChI=1S/C29H30N2O6/c1-4-17-36-23-16-11-19(18-24(23)34-3)26-25-27(37-31(26)21-9-7-6-8-10-21)29(33)30(28(25)32)20-12-14-22(15-13-20)35-5-2/h6-16,18,25-27H,4-5,17H2,1-3H3. The Morgan fingerprint density at radius 2 is 1.59 bits per heavy atom. The molecule has 2 fully saturated rings. The minimum atomic E-state index is -0.953. The van der Waals surface area contributed by atoms with E-state index in [4.69, 9.17) is 19.0 Å². The monoisotopic (exact) mass is 502 g/mol. The molecule has 0 saturated carbocycles. The van der Waals surface area contributed by atoms with Crippen LogP contribution >= 0.6 is 0 Å².